The van der Waals surface area contributed by atoms with Gasteiger partial charge in [0.25, 0.3) is 5.91 Å². The monoisotopic (exact) mass is 482 g/mol. The zero-order valence-electron chi connectivity index (χ0n) is 19.3. The van der Waals surface area contributed by atoms with Gasteiger partial charge >= 0.3 is 11.6 Å². The predicted molar refractivity (Wildman–Crippen MR) is 123 cm³/mol. The Morgan fingerprint density at radius 2 is 1.80 bits per heavy atom. The van der Waals surface area contributed by atoms with Crippen molar-refractivity contribution in [3.63, 3.8) is 0 Å². The molecule has 3 aliphatic rings. The molecule has 1 saturated heterocycles. The number of furan rings is 1. The van der Waals surface area contributed by atoms with Gasteiger partial charge in [0.05, 0.1) is 11.2 Å². The summed E-state index contributed by atoms with van der Waals surface area (Å²) in [6, 6.07) is 9.02. The Labute approximate surface area is 201 Å². The van der Waals surface area contributed by atoms with Crippen LogP contribution in [-0.2, 0) is 11.3 Å². The number of halogens is 1. The molecule has 10 heteroatoms. The highest BCUT2D eigenvalue weighted by Crippen LogP contribution is 2.42. The van der Waals surface area contributed by atoms with Gasteiger partial charge in [-0.2, -0.15) is 0 Å². The molecule has 1 aromatic heterocycles. The molecule has 2 unspecified atom stereocenters. The number of amides is 2. The molecule has 0 spiro atoms. The van der Waals surface area contributed by atoms with E-state index in [9.17, 15) is 24.1 Å². The van der Waals surface area contributed by atoms with Crippen LogP contribution in [0.2, 0.25) is 0 Å². The second-order valence-electron chi connectivity index (χ2n) is 9.27. The van der Waals surface area contributed by atoms with Gasteiger partial charge in [-0.15, -0.1) is 0 Å². The van der Waals surface area contributed by atoms with E-state index in [0.29, 0.717) is 31.9 Å². The van der Waals surface area contributed by atoms with Gasteiger partial charge in [-0.3, -0.25) is 19.7 Å². The van der Waals surface area contributed by atoms with Gasteiger partial charge in [0.2, 0.25) is 0 Å². The maximum atomic E-state index is 13.5. The molecule has 1 saturated carbocycles. The van der Waals surface area contributed by atoms with Crippen LogP contribution in [0.5, 0.6) is 0 Å². The number of carbonyl (C=O) groups is 2. The van der Waals surface area contributed by atoms with E-state index in [1.807, 2.05) is 4.90 Å². The van der Waals surface area contributed by atoms with Crippen molar-refractivity contribution in [2.45, 2.75) is 38.3 Å². The maximum Gasteiger partial charge on any atom is 0.352 e. The van der Waals surface area contributed by atoms with Crippen molar-refractivity contribution in [1.82, 2.24) is 14.7 Å². The average Bonchev–Trinajstić information content (AvgIpc) is 3.41. The van der Waals surface area contributed by atoms with Crippen LogP contribution in [0.4, 0.5) is 4.39 Å². The summed E-state index contributed by atoms with van der Waals surface area (Å²) in [5, 5.41) is 12.2. The Bertz CT molecular complexity index is 1140. The minimum absolute atomic E-state index is 0.144. The molecule has 0 N–H and O–H groups in total. The number of piperazine rings is 1. The molecule has 2 aliphatic heterocycles. The Balaban J connectivity index is 1.42. The quantitative estimate of drug-likeness (QED) is 0.479. The lowest BCUT2D eigenvalue weighted by Gasteiger charge is -2.47. The molecule has 0 bridgehead atoms. The van der Waals surface area contributed by atoms with Crippen LogP contribution >= 0.6 is 0 Å². The zero-order valence-corrected chi connectivity index (χ0v) is 19.3. The number of nitro groups is 1. The summed E-state index contributed by atoms with van der Waals surface area (Å²) in [4.78, 5) is 43.0. The van der Waals surface area contributed by atoms with Gasteiger partial charge < -0.3 is 19.1 Å². The number of carbonyl (C=O) groups excluding carboxylic acids is 2. The predicted octanol–water partition coefficient (Wildman–Crippen LogP) is 3.27. The summed E-state index contributed by atoms with van der Waals surface area (Å²) < 4.78 is 18.6. The molecular formula is C25H27FN4O5. The van der Waals surface area contributed by atoms with Crippen molar-refractivity contribution >= 4 is 11.8 Å². The standard InChI is InChI=1S/C25H27FN4O5/c26-18-9-7-17(8-10-18)16-29-20-5-2-1-4-19(20)22(23(25(29)32)30(33)34)27-11-13-28(14-12-27)24(31)21-6-3-15-35-21/h3,6-10,15,19-20H,1-2,4-5,11-14,16H2. The third-order valence-corrected chi connectivity index (χ3v) is 7.28. The molecule has 1 aromatic carbocycles. The first kappa shape index (κ1) is 23.1. The van der Waals surface area contributed by atoms with E-state index < -0.39 is 10.8 Å². The van der Waals surface area contributed by atoms with Gasteiger partial charge in [0.1, 0.15) is 11.5 Å². The highest BCUT2D eigenvalue weighted by atomic mass is 19.1. The van der Waals surface area contributed by atoms with Crippen LogP contribution in [-0.4, -0.2) is 63.7 Å². The number of rotatable bonds is 5. The van der Waals surface area contributed by atoms with Crippen LogP contribution in [0.1, 0.15) is 41.8 Å². The van der Waals surface area contributed by atoms with Crippen molar-refractivity contribution < 1.29 is 23.3 Å². The largest absolute Gasteiger partial charge is 0.459 e. The fourth-order valence-electron chi connectivity index (χ4n) is 5.61. The fourth-order valence-corrected chi connectivity index (χ4v) is 5.61. The number of benzene rings is 1. The summed E-state index contributed by atoms with van der Waals surface area (Å²) >= 11 is 0. The summed E-state index contributed by atoms with van der Waals surface area (Å²) in [5.74, 6) is -1.05. The fraction of sp³-hybridized carbons (Fsp3) is 0.440. The SMILES string of the molecule is O=C(c1ccco1)N1CCN(C2=C([N+](=O)[O-])C(=O)N(Cc3ccc(F)cc3)C3CCCCC23)CC1. The minimum atomic E-state index is -0.591. The van der Waals surface area contributed by atoms with E-state index in [-0.39, 0.29) is 41.7 Å². The van der Waals surface area contributed by atoms with E-state index in [4.69, 9.17) is 4.42 Å². The van der Waals surface area contributed by atoms with Crippen molar-refractivity contribution in [1.29, 1.82) is 0 Å². The lowest BCUT2D eigenvalue weighted by atomic mass is 9.77. The van der Waals surface area contributed by atoms with Crippen molar-refractivity contribution in [3.8, 4) is 0 Å². The lowest BCUT2D eigenvalue weighted by Crippen LogP contribution is -2.57. The highest BCUT2D eigenvalue weighted by Gasteiger charge is 2.50. The number of hydrogen-bond donors (Lipinski definition) is 0. The molecule has 2 aromatic rings. The average molecular weight is 483 g/mol. The van der Waals surface area contributed by atoms with Crippen molar-refractivity contribution in [3.05, 3.63) is 81.3 Å². The van der Waals surface area contributed by atoms with E-state index in [1.165, 1.54) is 18.4 Å². The Morgan fingerprint density at radius 3 is 2.46 bits per heavy atom. The third-order valence-electron chi connectivity index (χ3n) is 7.28. The van der Waals surface area contributed by atoms with Crippen LogP contribution in [0.25, 0.3) is 0 Å². The summed E-state index contributed by atoms with van der Waals surface area (Å²) in [6.07, 6.45) is 4.86. The normalized spacial score (nSPS) is 22.9. The minimum Gasteiger partial charge on any atom is -0.459 e. The maximum absolute atomic E-state index is 13.5. The summed E-state index contributed by atoms with van der Waals surface area (Å²) in [7, 11) is 0. The van der Waals surface area contributed by atoms with E-state index in [2.05, 4.69) is 0 Å². The lowest BCUT2D eigenvalue weighted by molar-refractivity contribution is -0.424. The molecule has 3 heterocycles. The van der Waals surface area contributed by atoms with Crippen LogP contribution < -0.4 is 0 Å². The second kappa shape index (κ2) is 9.52. The molecule has 35 heavy (non-hydrogen) atoms. The second-order valence-corrected chi connectivity index (χ2v) is 9.27. The molecule has 2 atom stereocenters. The number of fused-ring (bicyclic) bond motifs is 1. The van der Waals surface area contributed by atoms with Gasteiger partial charge in [0, 0.05) is 44.7 Å². The van der Waals surface area contributed by atoms with Crippen LogP contribution in [0.3, 0.4) is 0 Å². The topological polar surface area (TPSA) is 100 Å². The molecule has 9 nitrogen and oxygen atoms in total. The molecule has 2 amide bonds. The van der Waals surface area contributed by atoms with Gasteiger partial charge in [-0.25, -0.2) is 4.39 Å². The third kappa shape index (κ3) is 4.40. The Morgan fingerprint density at radius 1 is 1.09 bits per heavy atom. The summed E-state index contributed by atoms with van der Waals surface area (Å²) in [5.41, 5.74) is 0.867. The van der Waals surface area contributed by atoms with Crippen LogP contribution in [0.15, 0.2) is 58.5 Å². The smallest absolute Gasteiger partial charge is 0.352 e. The molecule has 1 aliphatic carbocycles. The van der Waals surface area contributed by atoms with E-state index >= 15 is 0 Å². The Kier molecular flexibility index (Phi) is 6.27. The molecule has 0 radical (unpaired) electrons. The van der Waals surface area contributed by atoms with Crippen molar-refractivity contribution in [2.75, 3.05) is 26.2 Å². The highest BCUT2D eigenvalue weighted by molar-refractivity contribution is 5.93. The van der Waals surface area contributed by atoms with Crippen LogP contribution in [0, 0.1) is 21.8 Å². The van der Waals surface area contributed by atoms with E-state index in [1.54, 1.807) is 34.1 Å². The zero-order chi connectivity index (χ0) is 24.5. The molecule has 2 fully saturated rings. The first-order chi connectivity index (χ1) is 16.9. The first-order valence-corrected chi connectivity index (χ1v) is 12.0. The Hall–Kier alpha value is -3.69. The van der Waals surface area contributed by atoms with Gasteiger partial charge in [-0.05, 0) is 42.7 Å². The number of nitrogens with zero attached hydrogens (tertiary/aromatic N) is 4. The number of hydrogen-bond acceptors (Lipinski definition) is 6. The molecule has 184 valence electrons. The molecule has 5 rings (SSSR count). The van der Waals surface area contributed by atoms with Gasteiger partial charge in [-0.1, -0.05) is 25.0 Å². The van der Waals surface area contributed by atoms with Gasteiger partial charge in [0.15, 0.2) is 5.76 Å². The van der Waals surface area contributed by atoms with E-state index in [0.717, 1.165) is 31.2 Å². The molecular weight excluding hydrogens is 455 g/mol. The first-order valence-electron chi connectivity index (χ1n) is 12.0. The summed E-state index contributed by atoms with van der Waals surface area (Å²) in [6.45, 7) is 1.80. The van der Waals surface area contributed by atoms with Crippen molar-refractivity contribution in [2.24, 2.45) is 5.92 Å².